The number of carbonyl (C=O) groups is 1. The Morgan fingerprint density at radius 3 is 2.85 bits per heavy atom. The van der Waals surface area contributed by atoms with Gasteiger partial charge in [-0.25, -0.2) is 4.99 Å². The van der Waals surface area contributed by atoms with Crippen LogP contribution in [0, 0.1) is 6.92 Å². The van der Waals surface area contributed by atoms with E-state index in [2.05, 4.69) is 58.0 Å². The number of amides is 1. The number of aliphatic imine (C=N–C) groups is 1. The van der Waals surface area contributed by atoms with Gasteiger partial charge in [0.25, 0.3) is 0 Å². The molecule has 1 amide bonds. The molecule has 0 radical (unpaired) electrons. The van der Waals surface area contributed by atoms with E-state index in [1.54, 1.807) is 19.0 Å². The maximum Gasteiger partial charge on any atom is 0.243 e. The Morgan fingerprint density at radius 1 is 1.21 bits per heavy atom. The minimum atomic E-state index is -0.0364. The first-order valence-corrected chi connectivity index (χ1v) is 11.0. The van der Waals surface area contributed by atoms with Gasteiger partial charge in [0.05, 0.1) is 12.6 Å². The molecule has 0 bridgehead atoms. The van der Waals surface area contributed by atoms with Gasteiger partial charge in [-0.05, 0) is 36.6 Å². The van der Waals surface area contributed by atoms with Gasteiger partial charge in [-0.3, -0.25) is 4.79 Å². The van der Waals surface area contributed by atoms with Crippen LogP contribution in [-0.2, 0) is 11.2 Å². The number of nitrogens with one attached hydrogen (secondary N) is 3. The van der Waals surface area contributed by atoms with Crippen LogP contribution >= 0.6 is 24.0 Å². The number of H-pyrrole nitrogens is 1. The van der Waals surface area contributed by atoms with Crippen molar-refractivity contribution in [1.82, 2.24) is 20.5 Å². The predicted molar refractivity (Wildman–Crippen MR) is 144 cm³/mol. The highest BCUT2D eigenvalue weighted by Gasteiger charge is 2.22. The molecule has 7 nitrogen and oxygen atoms in total. The fourth-order valence-electron chi connectivity index (χ4n) is 4.06. The Kier molecular flexibility index (Phi) is 8.60. The number of guanidine groups is 1. The highest BCUT2D eigenvalue weighted by Crippen LogP contribution is 2.31. The van der Waals surface area contributed by atoms with Crippen molar-refractivity contribution in [1.29, 1.82) is 0 Å². The molecule has 0 saturated carbocycles. The lowest BCUT2D eigenvalue weighted by molar-refractivity contribution is -0.127. The smallest absolute Gasteiger partial charge is 0.243 e. The zero-order valence-electron chi connectivity index (χ0n) is 19.4. The van der Waals surface area contributed by atoms with Crippen molar-refractivity contribution in [2.45, 2.75) is 25.8 Å². The first-order chi connectivity index (χ1) is 15.5. The number of nitrogens with zero attached hydrogens (tertiary/aromatic N) is 2. The molecule has 0 aliphatic carbocycles. The Hall–Kier alpha value is -2.75. The zero-order chi connectivity index (χ0) is 22.5. The number of para-hydroxylation sites is 1. The van der Waals surface area contributed by atoms with E-state index in [0.717, 1.165) is 29.7 Å². The summed E-state index contributed by atoms with van der Waals surface area (Å²) >= 11 is 0. The number of likely N-dealkylation sites (N-methyl/N-ethyl adjacent to an activating group) is 1. The van der Waals surface area contributed by atoms with Gasteiger partial charge in [0.2, 0.25) is 5.91 Å². The third kappa shape index (κ3) is 5.98. The van der Waals surface area contributed by atoms with Crippen LogP contribution in [0.3, 0.4) is 0 Å². The van der Waals surface area contributed by atoms with Crippen LogP contribution in [0.2, 0.25) is 0 Å². The number of hydrogen-bond donors (Lipinski definition) is 3. The Bertz CT molecular complexity index is 1120. The van der Waals surface area contributed by atoms with Crippen molar-refractivity contribution in [3.05, 3.63) is 65.4 Å². The molecular formula is C25H32IN5O2. The second-order valence-electron chi connectivity index (χ2n) is 8.31. The zero-order valence-corrected chi connectivity index (χ0v) is 21.7. The topological polar surface area (TPSA) is 81.8 Å². The van der Waals surface area contributed by atoms with Gasteiger partial charge in [-0.1, -0.05) is 30.3 Å². The first-order valence-electron chi connectivity index (χ1n) is 11.0. The molecule has 0 saturated heterocycles. The largest absolute Gasteiger partial charge is 0.493 e. The Balaban J connectivity index is 0.00000306. The summed E-state index contributed by atoms with van der Waals surface area (Å²) in [4.78, 5) is 21.6. The van der Waals surface area contributed by atoms with Crippen molar-refractivity contribution in [3.63, 3.8) is 0 Å². The van der Waals surface area contributed by atoms with Gasteiger partial charge in [-0.15, -0.1) is 24.0 Å². The highest BCUT2D eigenvalue weighted by molar-refractivity contribution is 14.0. The number of rotatable bonds is 6. The third-order valence-electron chi connectivity index (χ3n) is 5.82. The van der Waals surface area contributed by atoms with E-state index in [9.17, 15) is 4.79 Å². The van der Waals surface area contributed by atoms with Gasteiger partial charge < -0.3 is 25.3 Å². The fraction of sp³-hybridized carbons (Fsp3) is 0.360. The molecule has 0 fully saturated rings. The van der Waals surface area contributed by atoms with E-state index in [1.165, 1.54) is 16.5 Å². The van der Waals surface area contributed by atoms with Gasteiger partial charge in [-0.2, -0.15) is 0 Å². The number of aryl methyl sites for hydroxylation is 1. The van der Waals surface area contributed by atoms with E-state index in [1.807, 2.05) is 18.2 Å². The number of ether oxygens (including phenoxy) is 1. The Labute approximate surface area is 212 Å². The molecule has 1 aliphatic rings. The van der Waals surface area contributed by atoms with Gasteiger partial charge in [0.1, 0.15) is 12.3 Å². The summed E-state index contributed by atoms with van der Waals surface area (Å²) in [6, 6.07) is 14.4. The Morgan fingerprint density at radius 2 is 2.03 bits per heavy atom. The summed E-state index contributed by atoms with van der Waals surface area (Å²) in [7, 11) is 3.49. The lowest BCUT2D eigenvalue weighted by atomic mass is 10.0. The maximum atomic E-state index is 12.1. The van der Waals surface area contributed by atoms with Crippen molar-refractivity contribution >= 4 is 46.7 Å². The molecular weight excluding hydrogens is 529 g/mol. The van der Waals surface area contributed by atoms with Gasteiger partial charge >= 0.3 is 0 Å². The van der Waals surface area contributed by atoms with E-state index in [-0.39, 0.29) is 42.5 Å². The quantitative estimate of drug-likeness (QED) is 0.243. The molecule has 4 rings (SSSR count). The number of hydrogen-bond acceptors (Lipinski definition) is 3. The third-order valence-corrected chi connectivity index (χ3v) is 5.82. The number of carbonyl (C=O) groups excluding carboxylic acids is 1. The predicted octanol–water partition coefficient (Wildman–Crippen LogP) is 3.78. The molecule has 1 unspecified atom stereocenters. The molecule has 1 aromatic heterocycles. The normalized spacial score (nSPS) is 15.2. The average molecular weight is 561 g/mol. The lowest BCUT2D eigenvalue weighted by Gasteiger charge is -2.28. The van der Waals surface area contributed by atoms with E-state index < -0.39 is 0 Å². The number of aromatic amines is 1. The van der Waals surface area contributed by atoms with Crippen molar-refractivity contribution in [3.8, 4) is 5.75 Å². The number of aromatic nitrogens is 1. The second kappa shape index (κ2) is 11.4. The molecule has 1 atom stereocenters. The first kappa shape index (κ1) is 24.9. The minimum Gasteiger partial charge on any atom is -0.493 e. The molecule has 33 heavy (non-hydrogen) atoms. The van der Waals surface area contributed by atoms with Gasteiger partial charge in [0, 0.05) is 49.7 Å². The number of halogens is 1. The van der Waals surface area contributed by atoms with Crippen molar-refractivity contribution < 1.29 is 9.53 Å². The molecule has 8 heteroatoms. The second-order valence-corrected chi connectivity index (χ2v) is 8.31. The van der Waals surface area contributed by atoms with Crippen LogP contribution in [0.25, 0.3) is 10.9 Å². The number of benzene rings is 2. The van der Waals surface area contributed by atoms with Crippen molar-refractivity contribution in [2.75, 3.05) is 33.8 Å². The lowest BCUT2D eigenvalue weighted by Crippen LogP contribution is -2.42. The summed E-state index contributed by atoms with van der Waals surface area (Å²) in [6.07, 6.45) is 3.76. The monoisotopic (exact) mass is 561 g/mol. The van der Waals surface area contributed by atoms with E-state index in [0.29, 0.717) is 19.1 Å². The van der Waals surface area contributed by atoms with Crippen LogP contribution in [0.4, 0.5) is 0 Å². The molecule has 2 aromatic carbocycles. The SMILES string of the molecule is Cc1cccc2[nH]cc(CCNC(=NCC(=O)N(C)C)NC3CCOc4ccccc43)c12.I. The van der Waals surface area contributed by atoms with E-state index in [4.69, 9.17) is 4.74 Å². The molecule has 2 heterocycles. The maximum absolute atomic E-state index is 12.1. The molecule has 0 spiro atoms. The number of fused-ring (bicyclic) bond motifs is 2. The standard InChI is InChI=1S/C25H31N5O2.HI/c1-17-7-6-9-21-24(17)18(15-27-21)11-13-26-25(28-16-23(31)30(2)3)29-20-12-14-32-22-10-5-4-8-19(20)22;/h4-10,15,20,27H,11-14,16H2,1-3H3,(H2,26,28,29);1H. The van der Waals surface area contributed by atoms with Crippen LogP contribution in [-0.4, -0.2) is 55.5 Å². The van der Waals surface area contributed by atoms with Gasteiger partial charge in [0.15, 0.2) is 5.96 Å². The van der Waals surface area contributed by atoms with Crippen LogP contribution in [0.5, 0.6) is 5.75 Å². The van der Waals surface area contributed by atoms with Crippen LogP contribution < -0.4 is 15.4 Å². The average Bonchev–Trinajstić information content (AvgIpc) is 3.21. The van der Waals surface area contributed by atoms with Crippen molar-refractivity contribution in [2.24, 2.45) is 4.99 Å². The molecule has 3 aromatic rings. The summed E-state index contributed by atoms with van der Waals surface area (Å²) in [5.41, 5.74) is 4.80. The summed E-state index contributed by atoms with van der Waals surface area (Å²) < 4.78 is 5.78. The van der Waals surface area contributed by atoms with Crippen LogP contribution in [0.15, 0.2) is 53.7 Å². The summed E-state index contributed by atoms with van der Waals surface area (Å²) in [5, 5.41) is 8.22. The minimum absolute atomic E-state index is 0. The van der Waals surface area contributed by atoms with E-state index >= 15 is 0 Å². The molecule has 1 aliphatic heterocycles. The molecule has 3 N–H and O–H groups in total. The van der Waals surface area contributed by atoms with Crippen LogP contribution in [0.1, 0.15) is 29.2 Å². The fourth-order valence-corrected chi connectivity index (χ4v) is 4.06. The molecule has 176 valence electrons. The summed E-state index contributed by atoms with van der Waals surface area (Å²) in [5.74, 6) is 1.50. The summed E-state index contributed by atoms with van der Waals surface area (Å²) in [6.45, 7) is 3.58. The highest BCUT2D eigenvalue weighted by atomic mass is 127.